The number of hydrogen-bond acceptors (Lipinski definition) is 1. The molecule has 0 N–H and O–H groups in total. The summed E-state index contributed by atoms with van der Waals surface area (Å²) in [5.74, 6) is -1.38. The molecule has 1 aliphatic carbocycles. The van der Waals surface area contributed by atoms with Gasteiger partial charge in [0.2, 0.25) is 0 Å². The average Bonchev–Trinajstić information content (AvgIpc) is 3.20. The molecule has 1 aliphatic rings. The van der Waals surface area contributed by atoms with Gasteiger partial charge in [-0.05, 0) is 59.8 Å². The van der Waals surface area contributed by atoms with Crippen molar-refractivity contribution in [1.29, 1.82) is 0 Å². The molecule has 7 heteroatoms. The van der Waals surface area contributed by atoms with Crippen molar-refractivity contribution in [2.45, 2.75) is 32.0 Å². The average molecular weight is 368 g/mol. The lowest BCUT2D eigenvalue weighted by molar-refractivity contribution is -0.144. The minimum atomic E-state index is -4.49. The standard InChI is InChI=1S/C14H14BrF4NO/c1-8(9-2-3-9)20(7-14(17,18)19)13(21)11-6-10(16)4-5-12(11)15/h4-6,8-9H,2-3,7H2,1H3. The summed E-state index contributed by atoms with van der Waals surface area (Å²) in [6.07, 6.45) is -2.86. The third-order valence-electron chi connectivity index (χ3n) is 3.57. The molecule has 1 fully saturated rings. The van der Waals surface area contributed by atoms with Crippen LogP contribution in [0.4, 0.5) is 17.6 Å². The van der Waals surface area contributed by atoms with Gasteiger partial charge >= 0.3 is 6.18 Å². The summed E-state index contributed by atoms with van der Waals surface area (Å²) in [7, 11) is 0. The van der Waals surface area contributed by atoms with Gasteiger partial charge in [0.25, 0.3) is 5.91 Å². The Morgan fingerprint density at radius 3 is 2.57 bits per heavy atom. The van der Waals surface area contributed by atoms with Gasteiger partial charge in [0.1, 0.15) is 12.4 Å². The molecule has 0 bridgehead atoms. The van der Waals surface area contributed by atoms with Crippen LogP contribution in [-0.2, 0) is 0 Å². The van der Waals surface area contributed by atoms with Crippen molar-refractivity contribution < 1.29 is 22.4 Å². The molecule has 2 rings (SSSR count). The zero-order chi connectivity index (χ0) is 15.8. The van der Waals surface area contributed by atoms with Gasteiger partial charge in [0.15, 0.2) is 0 Å². The highest BCUT2D eigenvalue weighted by Gasteiger charge is 2.41. The predicted molar refractivity (Wildman–Crippen MR) is 73.4 cm³/mol. The molecule has 1 saturated carbocycles. The Labute approximate surface area is 128 Å². The van der Waals surface area contributed by atoms with E-state index in [0.29, 0.717) is 0 Å². The maximum atomic E-state index is 13.3. The van der Waals surface area contributed by atoms with Gasteiger partial charge in [-0.3, -0.25) is 4.79 Å². The van der Waals surface area contributed by atoms with E-state index in [4.69, 9.17) is 0 Å². The van der Waals surface area contributed by atoms with Crippen molar-refractivity contribution in [3.8, 4) is 0 Å². The second kappa shape index (κ2) is 5.94. The van der Waals surface area contributed by atoms with E-state index in [1.807, 2.05) is 0 Å². The first-order valence-corrected chi connectivity index (χ1v) is 7.31. The van der Waals surface area contributed by atoms with Crippen LogP contribution in [0.25, 0.3) is 0 Å². The number of carbonyl (C=O) groups excluding carboxylic acids is 1. The fourth-order valence-electron chi connectivity index (χ4n) is 2.24. The van der Waals surface area contributed by atoms with Crippen LogP contribution in [0.5, 0.6) is 0 Å². The third-order valence-corrected chi connectivity index (χ3v) is 4.26. The Balaban J connectivity index is 2.30. The molecule has 1 aromatic rings. The number of amides is 1. The SMILES string of the molecule is CC(C1CC1)N(CC(F)(F)F)C(=O)c1cc(F)ccc1Br. The molecular formula is C14H14BrF4NO. The second-order valence-electron chi connectivity index (χ2n) is 5.25. The quantitative estimate of drug-likeness (QED) is 0.722. The molecule has 0 heterocycles. The number of halogens is 5. The van der Waals surface area contributed by atoms with Gasteiger partial charge in [0, 0.05) is 10.5 Å². The smallest absolute Gasteiger partial charge is 0.327 e. The zero-order valence-electron chi connectivity index (χ0n) is 11.3. The monoisotopic (exact) mass is 367 g/mol. The molecular weight excluding hydrogens is 354 g/mol. The summed E-state index contributed by atoms with van der Waals surface area (Å²) in [6, 6.07) is 2.89. The number of rotatable bonds is 4. The third kappa shape index (κ3) is 4.18. The lowest BCUT2D eigenvalue weighted by atomic mass is 10.1. The highest BCUT2D eigenvalue weighted by molar-refractivity contribution is 9.10. The lowest BCUT2D eigenvalue weighted by Gasteiger charge is -2.30. The Bertz CT molecular complexity index is 542. The van der Waals surface area contributed by atoms with Crippen LogP contribution < -0.4 is 0 Å². The molecule has 116 valence electrons. The van der Waals surface area contributed by atoms with E-state index in [1.165, 1.54) is 6.07 Å². The van der Waals surface area contributed by atoms with E-state index in [9.17, 15) is 22.4 Å². The van der Waals surface area contributed by atoms with Crippen LogP contribution in [-0.4, -0.2) is 29.6 Å². The van der Waals surface area contributed by atoms with E-state index in [2.05, 4.69) is 15.9 Å². The summed E-state index contributed by atoms with van der Waals surface area (Å²) in [6.45, 7) is 0.279. The highest BCUT2D eigenvalue weighted by Crippen LogP contribution is 2.37. The molecule has 1 amide bonds. The molecule has 0 spiro atoms. The van der Waals surface area contributed by atoms with Gasteiger partial charge in [-0.25, -0.2) is 4.39 Å². The fraction of sp³-hybridized carbons (Fsp3) is 0.500. The molecule has 0 aliphatic heterocycles. The van der Waals surface area contributed by atoms with Gasteiger partial charge in [0.05, 0.1) is 5.56 Å². The van der Waals surface area contributed by atoms with Crippen LogP contribution in [0.3, 0.4) is 0 Å². The maximum absolute atomic E-state index is 13.3. The molecule has 0 aromatic heterocycles. The van der Waals surface area contributed by atoms with E-state index in [0.717, 1.165) is 29.9 Å². The molecule has 1 unspecified atom stereocenters. The van der Waals surface area contributed by atoms with Gasteiger partial charge in [-0.1, -0.05) is 0 Å². The topological polar surface area (TPSA) is 20.3 Å². The van der Waals surface area contributed by atoms with Crippen molar-refractivity contribution in [3.05, 3.63) is 34.1 Å². The molecule has 0 saturated heterocycles. The largest absolute Gasteiger partial charge is 0.406 e. The number of nitrogens with zero attached hydrogens (tertiary/aromatic N) is 1. The predicted octanol–water partition coefficient (Wildman–Crippen LogP) is 4.39. The molecule has 2 nitrogen and oxygen atoms in total. The van der Waals surface area contributed by atoms with E-state index in [-0.39, 0.29) is 16.0 Å². The summed E-state index contributed by atoms with van der Waals surface area (Å²) in [5, 5.41) is 0. The van der Waals surface area contributed by atoms with Crippen molar-refractivity contribution >= 4 is 21.8 Å². The first kappa shape index (κ1) is 16.3. The molecule has 21 heavy (non-hydrogen) atoms. The summed E-state index contributed by atoms with van der Waals surface area (Å²) < 4.78 is 51.7. The van der Waals surface area contributed by atoms with Crippen LogP contribution in [0, 0.1) is 11.7 Å². The van der Waals surface area contributed by atoms with Gasteiger partial charge in [-0.15, -0.1) is 0 Å². The summed E-state index contributed by atoms with van der Waals surface area (Å²) in [5.41, 5.74) is -0.0910. The minimum Gasteiger partial charge on any atom is -0.327 e. The minimum absolute atomic E-state index is 0.0867. The normalized spacial score (nSPS) is 16.7. The Kier molecular flexibility index (Phi) is 4.60. The lowest BCUT2D eigenvalue weighted by Crippen LogP contribution is -2.45. The maximum Gasteiger partial charge on any atom is 0.406 e. The van der Waals surface area contributed by atoms with Crippen molar-refractivity contribution in [2.75, 3.05) is 6.54 Å². The molecule has 1 aromatic carbocycles. The Morgan fingerprint density at radius 1 is 1.43 bits per heavy atom. The van der Waals surface area contributed by atoms with E-state index < -0.39 is 30.5 Å². The Hall–Kier alpha value is -1.11. The molecule has 1 atom stereocenters. The van der Waals surface area contributed by atoms with Crippen LogP contribution in [0.15, 0.2) is 22.7 Å². The molecule has 0 radical (unpaired) electrons. The summed E-state index contributed by atoms with van der Waals surface area (Å²) in [4.78, 5) is 13.2. The fourth-order valence-corrected chi connectivity index (χ4v) is 2.66. The van der Waals surface area contributed by atoms with E-state index in [1.54, 1.807) is 6.92 Å². The highest BCUT2D eigenvalue weighted by atomic mass is 79.9. The van der Waals surface area contributed by atoms with Crippen LogP contribution in [0.2, 0.25) is 0 Å². The van der Waals surface area contributed by atoms with Gasteiger partial charge in [-0.2, -0.15) is 13.2 Å². The zero-order valence-corrected chi connectivity index (χ0v) is 12.8. The van der Waals surface area contributed by atoms with Gasteiger partial charge < -0.3 is 4.90 Å². The Morgan fingerprint density at radius 2 is 2.05 bits per heavy atom. The number of benzene rings is 1. The van der Waals surface area contributed by atoms with Crippen molar-refractivity contribution in [2.24, 2.45) is 5.92 Å². The number of hydrogen-bond donors (Lipinski definition) is 0. The first-order chi connectivity index (χ1) is 9.69. The number of alkyl halides is 3. The van der Waals surface area contributed by atoms with Crippen molar-refractivity contribution in [3.63, 3.8) is 0 Å². The van der Waals surface area contributed by atoms with Crippen LogP contribution in [0.1, 0.15) is 30.1 Å². The summed E-state index contributed by atoms with van der Waals surface area (Å²) >= 11 is 3.09. The van der Waals surface area contributed by atoms with Crippen LogP contribution >= 0.6 is 15.9 Å². The number of carbonyl (C=O) groups is 1. The second-order valence-corrected chi connectivity index (χ2v) is 6.10. The first-order valence-electron chi connectivity index (χ1n) is 6.52. The van der Waals surface area contributed by atoms with Crippen molar-refractivity contribution in [1.82, 2.24) is 4.90 Å². The van der Waals surface area contributed by atoms with E-state index >= 15 is 0 Å².